The second-order valence-electron chi connectivity index (χ2n) is 6.20. The molecule has 0 aliphatic heterocycles. The minimum absolute atomic E-state index is 0. The lowest BCUT2D eigenvalue weighted by molar-refractivity contribution is 0.873. The van der Waals surface area contributed by atoms with E-state index in [0.29, 0.717) is 11.8 Å². The van der Waals surface area contributed by atoms with Gasteiger partial charge in [-0.05, 0) is 53.1 Å². The van der Waals surface area contributed by atoms with Gasteiger partial charge in [0.1, 0.15) is 0 Å². The zero-order valence-electron chi connectivity index (χ0n) is 15.2. The summed E-state index contributed by atoms with van der Waals surface area (Å²) in [5, 5.41) is 2.43. The van der Waals surface area contributed by atoms with E-state index < -0.39 is 0 Å². The van der Waals surface area contributed by atoms with E-state index in [1.807, 2.05) is 24.4 Å². The van der Waals surface area contributed by atoms with Gasteiger partial charge >= 0.3 is 0 Å². The van der Waals surface area contributed by atoms with Crippen molar-refractivity contribution < 1.29 is 0 Å². The van der Waals surface area contributed by atoms with Gasteiger partial charge in [-0.15, -0.1) is 35.6 Å². The molecular weight excluding hydrogens is 399 g/mol. The van der Waals surface area contributed by atoms with E-state index in [2.05, 4.69) is 59.3 Å². The van der Waals surface area contributed by atoms with E-state index in [1.165, 1.54) is 16.3 Å². The van der Waals surface area contributed by atoms with Crippen LogP contribution in [0.3, 0.4) is 0 Å². The van der Waals surface area contributed by atoms with Crippen molar-refractivity contribution in [3.63, 3.8) is 0 Å². The average Bonchev–Trinajstić information content (AvgIpc) is 2.66. The molecular formula is C22H23Cl3N2. The lowest BCUT2D eigenvalue weighted by atomic mass is 10.1. The summed E-state index contributed by atoms with van der Waals surface area (Å²) in [7, 11) is 0. The van der Waals surface area contributed by atoms with Crippen LogP contribution in [0.1, 0.15) is 11.1 Å². The van der Waals surface area contributed by atoms with Crippen molar-refractivity contribution in [2.45, 2.75) is 6.92 Å². The molecule has 5 heteroatoms. The third kappa shape index (κ3) is 5.62. The van der Waals surface area contributed by atoms with Crippen molar-refractivity contribution >= 4 is 64.0 Å². The minimum atomic E-state index is 0. The van der Waals surface area contributed by atoms with Crippen LogP contribution in [-0.2, 0) is 0 Å². The number of nitrogens with zero attached hydrogens (tertiary/aromatic N) is 2. The number of anilines is 1. The molecule has 27 heavy (non-hydrogen) atoms. The Morgan fingerprint density at radius 2 is 1.59 bits per heavy atom. The number of hydrogen-bond acceptors (Lipinski definition) is 2. The number of alkyl halides is 2. The van der Waals surface area contributed by atoms with Crippen molar-refractivity contribution in [2.75, 3.05) is 29.7 Å². The van der Waals surface area contributed by atoms with Gasteiger partial charge in [0, 0.05) is 36.8 Å². The molecule has 3 rings (SSSR count). The molecule has 0 heterocycles. The fraction of sp³-hybridized carbons (Fsp3) is 0.227. The summed E-state index contributed by atoms with van der Waals surface area (Å²) in [6, 6.07) is 21.0. The summed E-state index contributed by atoms with van der Waals surface area (Å²) < 4.78 is 0. The molecule has 0 N–H and O–H groups in total. The first-order valence-corrected chi connectivity index (χ1v) is 9.78. The van der Waals surface area contributed by atoms with Gasteiger partial charge < -0.3 is 4.90 Å². The Bertz CT molecular complexity index is 903. The second-order valence-corrected chi connectivity index (χ2v) is 6.95. The summed E-state index contributed by atoms with van der Waals surface area (Å²) in [6.45, 7) is 3.68. The maximum absolute atomic E-state index is 5.91. The first-order chi connectivity index (χ1) is 12.7. The van der Waals surface area contributed by atoms with Crippen LogP contribution in [0.15, 0.2) is 65.7 Å². The predicted octanol–water partition coefficient (Wildman–Crippen LogP) is 6.60. The third-order valence-corrected chi connectivity index (χ3v) is 4.75. The Morgan fingerprint density at radius 3 is 2.26 bits per heavy atom. The fourth-order valence-electron chi connectivity index (χ4n) is 2.98. The van der Waals surface area contributed by atoms with Crippen LogP contribution in [-0.4, -0.2) is 31.1 Å². The van der Waals surface area contributed by atoms with Crippen LogP contribution >= 0.6 is 35.6 Å². The Morgan fingerprint density at radius 1 is 0.889 bits per heavy atom. The summed E-state index contributed by atoms with van der Waals surface area (Å²) in [5.41, 5.74) is 4.39. The lowest BCUT2D eigenvalue weighted by Crippen LogP contribution is -2.27. The van der Waals surface area contributed by atoms with Crippen molar-refractivity contribution in [2.24, 2.45) is 4.99 Å². The largest absolute Gasteiger partial charge is 0.369 e. The van der Waals surface area contributed by atoms with Gasteiger partial charge in [0.15, 0.2) is 0 Å². The third-order valence-electron chi connectivity index (χ3n) is 4.41. The molecule has 0 saturated carbocycles. The molecule has 0 saturated heterocycles. The quantitative estimate of drug-likeness (QED) is 0.310. The number of aryl methyl sites for hydroxylation is 1. The first kappa shape index (κ1) is 21.6. The standard InChI is InChI=1S/C22H22Cl2N2.ClH/c1-17-14-22(26(12-10-23)13-11-24)9-7-20(17)16-25-21-8-6-18-4-2-3-5-19(18)15-21;/h2-9,14-16H,10-13H2,1H3;1H. The molecule has 3 aromatic carbocycles. The van der Waals surface area contributed by atoms with Crippen molar-refractivity contribution in [3.05, 3.63) is 71.8 Å². The average molecular weight is 422 g/mol. The Balaban J connectivity index is 0.00000261. The highest BCUT2D eigenvalue weighted by molar-refractivity contribution is 6.18. The van der Waals surface area contributed by atoms with Gasteiger partial charge in [-0.1, -0.05) is 36.4 Å². The first-order valence-electron chi connectivity index (χ1n) is 8.71. The molecule has 2 nitrogen and oxygen atoms in total. The fourth-order valence-corrected chi connectivity index (χ4v) is 3.38. The van der Waals surface area contributed by atoms with Gasteiger partial charge in [-0.25, -0.2) is 0 Å². The van der Waals surface area contributed by atoms with Crippen LogP contribution in [0.5, 0.6) is 0 Å². The van der Waals surface area contributed by atoms with Crippen molar-refractivity contribution in [1.29, 1.82) is 0 Å². The zero-order valence-corrected chi connectivity index (χ0v) is 17.6. The molecule has 0 bridgehead atoms. The van der Waals surface area contributed by atoms with Crippen LogP contribution in [0.2, 0.25) is 0 Å². The normalized spacial score (nSPS) is 10.9. The van der Waals surface area contributed by atoms with E-state index in [-0.39, 0.29) is 12.4 Å². The molecule has 0 aliphatic carbocycles. The number of hydrogen-bond donors (Lipinski definition) is 0. The SMILES string of the molecule is Cc1cc(N(CCCl)CCCl)ccc1C=Nc1ccc2ccccc2c1.Cl. The molecule has 0 fully saturated rings. The summed E-state index contributed by atoms with van der Waals surface area (Å²) >= 11 is 11.8. The number of aliphatic imine (C=N–C) groups is 1. The number of halogens is 3. The van der Waals surface area contributed by atoms with E-state index in [9.17, 15) is 0 Å². The summed E-state index contributed by atoms with van der Waals surface area (Å²) in [6.07, 6.45) is 1.93. The zero-order chi connectivity index (χ0) is 18.4. The van der Waals surface area contributed by atoms with Gasteiger partial charge in [-0.2, -0.15) is 0 Å². The highest BCUT2D eigenvalue weighted by Gasteiger charge is 2.07. The van der Waals surface area contributed by atoms with Crippen LogP contribution in [0, 0.1) is 6.92 Å². The highest BCUT2D eigenvalue weighted by atomic mass is 35.5. The second kappa shape index (κ2) is 10.6. The molecule has 0 radical (unpaired) electrons. The van der Waals surface area contributed by atoms with Crippen LogP contribution < -0.4 is 4.90 Å². The summed E-state index contributed by atoms with van der Waals surface area (Å²) in [5.74, 6) is 1.17. The van der Waals surface area contributed by atoms with Gasteiger partial charge in [0.2, 0.25) is 0 Å². The van der Waals surface area contributed by atoms with Crippen LogP contribution in [0.4, 0.5) is 11.4 Å². The van der Waals surface area contributed by atoms with Gasteiger partial charge in [0.25, 0.3) is 0 Å². The molecule has 142 valence electrons. The molecule has 0 atom stereocenters. The molecule has 0 spiro atoms. The monoisotopic (exact) mass is 420 g/mol. The van der Waals surface area contributed by atoms with Crippen LogP contribution in [0.25, 0.3) is 10.8 Å². The smallest absolute Gasteiger partial charge is 0.0636 e. The van der Waals surface area contributed by atoms with Gasteiger partial charge in [0.05, 0.1) is 5.69 Å². The van der Waals surface area contributed by atoms with E-state index in [4.69, 9.17) is 23.2 Å². The van der Waals surface area contributed by atoms with E-state index in [1.54, 1.807) is 0 Å². The minimum Gasteiger partial charge on any atom is -0.369 e. The number of benzene rings is 3. The highest BCUT2D eigenvalue weighted by Crippen LogP contribution is 2.22. The molecule has 0 aromatic heterocycles. The molecule has 0 aliphatic rings. The van der Waals surface area contributed by atoms with E-state index >= 15 is 0 Å². The maximum Gasteiger partial charge on any atom is 0.0636 e. The Labute approximate surface area is 177 Å². The number of fused-ring (bicyclic) bond motifs is 1. The van der Waals surface area contributed by atoms with Crippen molar-refractivity contribution in [1.82, 2.24) is 0 Å². The molecule has 3 aromatic rings. The summed E-state index contributed by atoms with van der Waals surface area (Å²) in [4.78, 5) is 6.86. The van der Waals surface area contributed by atoms with E-state index in [0.717, 1.165) is 30.0 Å². The maximum atomic E-state index is 5.91. The predicted molar refractivity (Wildman–Crippen MR) is 123 cm³/mol. The molecule has 0 unspecified atom stereocenters. The number of rotatable bonds is 7. The Kier molecular flexibility index (Phi) is 8.43. The Hall–Kier alpha value is -1.74. The van der Waals surface area contributed by atoms with Gasteiger partial charge in [-0.3, -0.25) is 4.99 Å². The van der Waals surface area contributed by atoms with Crippen molar-refractivity contribution in [3.8, 4) is 0 Å². The topological polar surface area (TPSA) is 15.6 Å². The lowest BCUT2D eigenvalue weighted by Gasteiger charge is -2.23. The molecule has 0 amide bonds.